The zero-order chi connectivity index (χ0) is 15.9. The first-order valence-corrected chi connectivity index (χ1v) is 7.39. The van der Waals surface area contributed by atoms with Crippen LogP contribution in [-0.4, -0.2) is 38.3 Å². The minimum absolute atomic E-state index is 0.194. The van der Waals surface area contributed by atoms with Crippen LogP contribution in [-0.2, 0) is 10.9 Å². The summed E-state index contributed by atoms with van der Waals surface area (Å²) in [5, 5.41) is 0. The molecule has 1 saturated heterocycles. The van der Waals surface area contributed by atoms with Crippen LogP contribution in [0.15, 0.2) is 24.3 Å². The number of ether oxygens (including phenoxy) is 1. The number of methoxy groups -OCH3 is 1. The third kappa shape index (κ3) is 5.32. The molecule has 1 unspecified atom stereocenters. The minimum Gasteiger partial charge on any atom is -0.383 e. The van der Waals surface area contributed by atoms with Gasteiger partial charge in [0.2, 0.25) is 0 Å². The summed E-state index contributed by atoms with van der Waals surface area (Å²) in [5.74, 6) is 0.194. The number of rotatable bonds is 4. The van der Waals surface area contributed by atoms with Crippen LogP contribution >= 0.6 is 0 Å². The van der Waals surface area contributed by atoms with E-state index in [-0.39, 0.29) is 5.92 Å². The van der Waals surface area contributed by atoms with Crippen molar-refractivity contribution in [2.45, 2.75) is 32.4 Å². The van der Waals surface area contributed by atoms with Crippen LogP contribution in [0.1, 0.15) is 37.3 Å². The zero-order valence-corrected chi connectivity index (χ0v) is 12.9. The van der Waals surface area contributed by atoms with E-state index in [0.717, 1.165) is 37.7 Å². The van der Waals surface area contributed by atoms with E-state index in [4.69, 9.17) is 4.74 Å². The highest BCUT2D eigenvalue weighted by Crippen LogP contribution is 2.33. The molecule has 0 N–H and O–H groups in total. The van der Waals surface area contributed by atoms with Crippen LogP contribution in [0.3, 0.4) is 0 Å². The quantitative estimate of drug-likeness (QED) is 0.828. The fourth-order valence-corrected chi connectivity index (χ4v) is 2.50. The lowest BCUT2D eigenvalue weighted by Crippen LogP contribution is -2.24. The second kappa shape index (κ2) is 8.39. The molecule has 0 saturated carbocycles. The van der Waals surface area contributed by atoms with Crippen LogP contribution in [0.2, 0.25) is 0 Å². The molecule has 5 heteroatoms. The molecule has 0 spiro atoms. The Morgan fingerprint density at radius 3 is 2.62 bits per heavy atom. The summed E-state index contributed by atoms with van der Waals surface area (Å²) in [4.78, 5) is 2.23. The molecule has 1 aliphatic heterocycles. The van der Waals surface area contributed by atoms with E-state index in [1.807, 2.05) is 13.8 Å². The first kappa shape index (κ1) is 18.0. The van der Waals surface area contributed by atoms with E-state index < -0.39 is 11.7 Å². The zero-order valence-electron chi connectivity index (χ0n) is 12.9. The van der Waals surface area contributed by atoms with Gasteiger partial charge < -0.3 is 9.64 Å². The van der Waals surface area contributed by atoms with Crippen molar-refractivity contribution in [3.05, 3.63) is 35.4 Å². The Morgan fingerprint density at radius 1 is 1.29 bits per heavy atom. The van der Waals surface area contributed by atoms with Crippen molar-refractivity contribution >= 4 is 0 Å². The molecule has 21 heavy (non-hydrogen) atoms. The van der Waals surface area contributed by atoms with Crippen LogP contribution in [0.25, 0.3) is 0 Å². The molecule has 0 radical (unpaired) electrons. The Labute approximate surface area is 124 Å². The van der Waals surface area contributed by atoms with Crippen LogP contribution < -0.4 is 0 Å². The van der Waals surface area contributed by atoms with E-state index in [1.165, 1.54) is 12.1 Å². The standard InChI is InChI=1S/C14H18F3NO.C2H6/c1-19-8-7-18-6-5-12(10-18)11-3-2-4-13(9-11)14(15,16)17;1-2/h2-4,9,12H,5-8,10H2,1H3;1-2H3. The third-order valence-electron chi connectivity index (χ3n) is 3.57. The maximum absolute atomic E-state index is 12.7. The summed E-state index contributed by atoms with van der Waals surface area (Å²) in [7, 11) is 1.65. The number of hydrogen-bond donors (Lipinski definition) is 0. The smallest absolute Gasteiger partial charge is 0.383 e. The SMILES string of the molecule is CC.COCCN1CCC(c2cccc(C(F)(F)F)c2)C1. The predicted octanol–water partition coefficient (Wildman–Crippen LogP) is 4.17. The second-order valence-electron chi connectivity index (χ2n) is 4.90. The van der Waals surface area contributed by atoms with Crippen molar-refractivity contribution in [3.63, 3.8) is 0 Å². The molecule has 0 amide bonds. The first-order valence-electron chi connectivity index (χ1n) is 7.39. The van der Waals surface area contributed by atoms with Crippen molar-refractivity contribution in [2.75, 3.05) is 33.4 Å². The molecule has 2 nitrogen and oxygen atoms in total. The van der Waals surface area contributed by atoms with E-state index in [0.29, 0.717) is 6.61 Å². The maximum Gasteiger partial charge on any atom is 0.416 e. The normalized spacial score (nSPS) is 19.2. The molecule has 2 rings (SSSR count). The van der Waals surface area contributed by atoms with Crippen molar-refractivity contribution < 1.29 is 17.9 Å². The summed E-state index contributed by atoms with van der Waals surface area (Å²) in [5.41, 5.74) is 0.232. The Morgan fingerprint density at radius 2 is 2.00 bits per heavy atom. The van der Waals surface area contributed by atoms with E-state index in [1.54, 1.807) is 13.2 Å². The predicted molar refractivity (Wildman–Crippen MR) is 78.5 cm³/mol. The highest BCUT2D eigenvalue weighted by atomic mass is 19.4. The largest absolute Gasteiger partial charge is 0.416 e. The lowest BCUT2D eigenvalue weighted by molar-refractivity contribution is -0.137. The topological polar surface area (TPSA) is 12.5 Å². The summed E-state index contributed by atoms with van der Waals surface area (Å²) < 4.78 is 43.0. The molecule has 1 heterocycles. The van der Waals surface area contributed by atoms with E-state index in [2.05, 4.69) is 4.90 Å². The van der Waals surface area contributed by atoms with Crippen molar-refractivity contribution in [2.24, 2.45) is 0 Å². The van der Waals surface area contributed by atoms with E-state index in [9.17, 15) is 13.2 Å². The molecule has 1 aliphatic rings. The van der Waals surface area contributed by atoms with Crippen molar-refractivity contribution in [1.82, 2.24) is 4.90 Å². The third-order valence-corrected chi connectivity index (χ3v) is 3.57. The minimum atomic E-state index is -4.26. The Hall–Kier alpha value is -1.07. The number of benzene rings is 1. The summed E-state index contributed by atoms with van der Waals surface area (Å²) in [6.07, 6.45) is -3.35. The van der Waals surface area contributed by atoms with Gasteiger partial charge in [-0.15, -0.1) is 0 Å². The molecule has 0 aromatic heterocycles. The highest BCUT2D eigenvalue weighted by molar-refractivity contribution is 5.29. The van der Waals surface area contributed by atoms with Gasteiger partial charge in [0, 0.05) is 20.2 Å². The molecule has 0 aliphatic carbocycles. The Balaban J connectivity index is 0.00000106. The average molecular weight is 303 g/mol. The number of likely N-dealkylation sites (tertiary alicyclic amines) is 1. The van der Waals surface area contributed by atoms with Crippen molar-refractivity contribution in [3.8, 4) is 0 Å². The van der Waals surface area contributed by atoms with Gasteiger partial charge in [-0.25, -0.2) is 0 Å². The van der Waals surface area contributed by atoms with Crippen LogP contribution in [0, 0.1) is 0 Å². The summed E-state index contributed by atoms with van der Waals surface area (Å²) in [6, 6.07) is 5.70. The summed E-state index contributed by atoms with van der Waals surface area (Å²) in [6.45, 7) is 7.23. The van der Waals surface area contributed by atoms with Crippen LogP contribution in [0.5, 0.6) is 0 Å². The molecule has 1 atom stereocenters. The Kier molecular flexibility index (Phi) is 7.18. The monoisotopic (exact) mass is 303 g/mol. The van der Waals surface area contributed by atoms with Gasteiger partial charge in [-0.3, -0.25) is 0 Å². The fraction of sp³-hybridized carbons (Fsp3) is 0.625. The van der Waals surface area contributed by atoms with Gasteiger partial charge in [0.1, 0.15) is 0 Å². The number of hydrogen-bond acceptors (Lipinski definition) is 2. The Bertz CT molecular complexity index is 420. The molecule has 120 valence electrons. The number of alkyl halides is 3. The molecular formula is C16H24F3NO. The van der Waals surface area contributed by atoms with Crippen LogP contribution in [0.4, 0.5) is 13.2 Å². The number of halogens is 3. The second-order valence-corrected chi connectivity index (χ2v) is 4.90. The lowest BCUT2D eigenvalue weighted by Gasteiger charge is -2.16. The van der Waals surface area contributed by atoms with Gasteiger partial charge in [0.25, 0.3) is 0 Å². The van der Waals surface area contributed by atoms with Gasteiger partial charge in [0.05, 0.1) is 12.2 Å². The van der Waals surface area contributed by atoms with Gasteiger partial charge >= 0.3 is 6.18 Å². The lowest BCUT2D eigenvalue weighted by atomic mass is 9.96. The van der Waals surface area contributed by atoms with Gasteiger partial charge in [0.15, 0.2) is 0 Å². The molecule has 0 bridgehead atoms. The van der Waals surface area contributed by atoms with Gasteiger partial charge in [-0.2, -0.15) is 13.2 Å². The van der Waals surface area contributed by atoms with Crippen molar-refractivity contribution in [1.29, 1.82) is 0 Å². The van der Waals surface area contributed by atoms with Gasteiger partial charge in [-0.1, -0.05) is 32.0 Å². The number of nitrogens with zero attached hydrogens (tertiary/aromatic N) is 1. The average Bonchev–Trinajstić information content (AvgIpc) is 2.95. The highest BCUT2D eigenvalue weighted by Gasteiger charge is 2.31. The first-order chi connectivity index (χ1) is 10.0. The van der Waals surface area contributed by atoms with E-state index >= 15 is 0 Å². The molecule has 1 fully saturated rings. The maximum atomic E-state index is 12.7. The molecular weight excluding hydrogens is 279 g/mol. The van der Waals surface area contributed by atoms with Gasteiger partial charge in [-0.05, 0) is 30.5 Å². The summed E-state index contributed by atoms with van der Waals surface area (Å²) >= 11 is 0. The fourth-order valence-electron chi connectivity index (χ4n) is 2.50. The molecule has 1 aromatic rings. The molecule has 1 aromatic carbocycles.